The summed E-state index contributed by atoms with van der Waals surface area (Å²) in [5.74, 6) is 0. The molecule has 1 fully saturated rings. The maximum atomic E-state index is 12.5. The van der Waals surface area contributed by atoms with Crippen LogP contribution in [0.15, 0.2) is 23.1 Å². The Balaban J connectivity index is 2.37. The summed E-state index contributed by atoms with van der Waals surface area (Å²) in [6, 6.07) is 6.21. The maximum absolute atomic E-state index is 12.5. The third kappa shape index (κ3) is 2.90. The van der Waals surface area contributed by atoms with Gasteiger partial charge in [0, 0.05) is 26.2 Å². The van der Waals surface area contributed by atoms with Crippen LogP contribution >= 0.6 is 11.6 Å². The second-order valence-electron chi connectivity index (χ2n) is 4.46. The predicted molar refractivity (Wildman–Crippen MR) is 72.4 cm³/mol. The Morgan fingerprint density at radius 1 is 1.26 bits per heavy atom. The van der Waals surface area contributed by atoms with E-state index in [0.717, 1.165) is 0 Å². The fourth-order valence-corrected chi connectivity index (χ4v) is 3.86. The van der Waals surface area contributed by atoms with Gasteiger partial charge in [-0.15, -0.1) is 0 Å². The molecule has 1 aromatic rings. The van der Waals surface area contributed by atoms with Crippen molar-refractivity contribution in [3.8, 4) is 6.07 Å². The summed E-state index contributed by atoms with van der Waals surface area (Å²) in [5.41, 5.74) is 0.289. The first kappa shape index (κ1) is 14.3. The fourth-order valence-electron chi connectivity index (χ4n) is 1.94. The normalized spacial score (nSPS) is 18.2. The molecule has 0 aromatic heterocycles. The van der Waals surface area contributed by atoms with Crippen LogP contribution in [-0.2, 0) is 10.0 Å². The molecule has 1 aliphatic rings. The Hall–Kier alpha value is -1.13. The summed E-state index contributed by atoms with van der Waals surface area (Å²) in [7, 11) is -1.67. The molecule has 1 heterocycles. The zero-order valence-electron chi connectivity index (χ0n) is 10.5. The molecule has 0 aliphatic carbocycles. The van der Waals surface area contributed by atoms with Crippen LogP contribution in [-0.4, -0.2) is 50.8 Å². The third-order valence-corrected chi connectivity index (χ3v) is 5.52. The van der Waals surface area contributed by atoms with Crippen molar-refractivity contribution >= 4 is 21.6 Å². The van der Waals surface area contributed by atoms with Gasteiger partial charge in [0.05, 0.1) is 16.7 Å². The van der Waals surface area contributed by atoms with E-state index in [0.29, 0.717) is 26.2 Å². The summed E-state index contributed by atoms with van der Waals surface area (Å²) in [4.78, 5) is 2.08. The van der Waals surface area contributed by atoms with Crippen LogP contribution in [0.2, 0.25) is 5.02 Å². The van der Waals surface area contributed by atoms with E-state index in [2.05, 4.69) is 4.90 Å². The number of benzene rings is 1. The number of halogens is 1. The zero-order chi connectivity index (χ0) is 14.0. The fraction of sp³-hybridized carbons (Fsp3) is 0.417. The Kier molecular flexibility index (Phi) is 4.11. The predicted octanol–water partition coefficient (Wildman–Crippen LogP) is 1.15. The monoisotopic (exact) mass is 299 g/mol. The molecule has 0 bridgehead atoms. The van der Waals surface area contributed by atoms with Crippen LogP contribution in [0.4, 0.5) is 0 Å². The van der Waals surface area contributed by atoms with Gasteiger partial charge < -0.3 is 4.90 Å². The molecule has 1 aliphatic heterocycles. The number of nitriles is 1. The molecular weight excluding hydrogens is 286 g/mol. The van der Waals surface area contributed by atoms with Crippen molar-refractivity contribution < 1.29 is 8.42 Å². The van der Waals surface area contributed by atoms with Gasteiger partial charge in [0.2, 0.25) is 10.0 Å². The van der Waals surface area contributed by atoms with Crippen LogP contribution < -0.4 is 0 Å². The van der Waals surface area contributed by atoms with Crippen molar-refractivity contribution in [1.82, 2.24) is 9.21 Å². The number of likely N-dealkylation sites (N-methyl/N-ethyl adjacent to an activating group) is 1. The van der Waals surface area contributed by atoms with Crippen molar-refractivity contribution in [3.63, 3.8) is 0 Å². The molecule has 0 unspecified atom stereocenters. The number of hydrogen-bond donors (Lipinski definition) is 0. The number of sulfonamides is 1. The van der Waals surface area contributed by atoms with Gasteiger partial charge in [-0.25, -0.2) is 8.42 Å². The van der Waals surface area contributed by atoms with Gasteiger partial charge >= 0.3 is 0 Å². The lowest BCUT2D eigenvalue weighted by molar-refractivity contribution is 0.222. The summed E-state index contributed by atoms with van der Waals surface area (Å²) in [6.45, 7) is 2.25. The quantitative estimate of drug-likeness (QED) is 0.822. The lowest BCUT2D eigenvalue weighted by atomic mass is 10.2. The first-order valence-corrected chi connectivity index (χ1v) is 7.65. The third-order valence-electron chi connectivity index (χ3n) is 3.14. The van der Waals surface area contributed by atoms with Crippen LogP contribution in [0.1, 0.15) is 5.56 Å². The van der Waals surface area contributed by atoms with Gasteiger partial charge in [0.25, 0.3) is 0 Å². The van der Waals surface area contributed by atoms with Crippen molar-refractivity contribution in [2.45, 2.75) is 4.90 Å². The lowest BCUT2D eigenvalue weighted by Gasteiger charge is -2.31. The molecule has 102 valence electrons. The molecule has 0 spiro atoms. The first-order chi connectivity index (χ1) is 8.95. The number of rotatable bonds is 2. The minimum absolute atomic E-state index is 0.0118. The minimum atomic E-state index is -3.63. The van der Waals surface area contributed by atoms with Gasteiger partial charge in [0.1, 0.15) is 4.90 Å². The topological polar surface area (TPSA) is 64.4 Å². The van der Waals surface area contributed by atoms with E-state index in [-0.39, 0.29) is 15.5 Å². The molecule has 2 rings (SSSR count). The molecule has 0 atom stereocenters. The second-order valence-corrected chi connectivity index (χ2v) is 6.78. The Bertz CT molecular complexity index is 616. The molecule has 0 saturated carbocycles. The highest BCUT2D eigenvalue weighted by Gasteiger charge is 2.29. The summed E-state index contributed by atoms with van der Waals surface area (Å²) < 4.78 is 26.4. The Morgan fingerprint density at radius 2 is 1.89 bits per heavy atom. The van der Waals surface area contributed by atoms with Crippen molar-refractivity contribution in [2.24, 2.45) is 0 Å². The van der Waals surface area contributed by atoms with E-state index in [1.807, 2.05) is 13.1 Å². The smallest absolute Gasteiger partial charge is 0.244 e. The Morgan fingerprint density at radius 3 is 2.47 bits per heavy atom. The average Bonchev–Trinajstić information content (AvgIpc) is 2.39. The summed E-state index contributed by atoms with van der Waals surface area (Å²) in [5, 5.41) is 9.01. The standard InChI is InChI=1S/C12H14ClN3O2S/c1-15-4-6-16(7-5-15)19(17,18)12-8-10(9-14)2-3-11(12)13/h2-3,8H,4-7H2,1H3. The molecule has 0 radical (unpaired) electrons. The molecule has 5 nitrogen and oxygen atoms in total. The van der Waals surface area contributed by atoms with Gasteiger partial charge in [-0.05, 0) is 25.2 Å². The van der Waals surface area contributed by atoms with E-state index in [1.165, 1.54) is 22.5 Å². The highest BCUT2D eigenvalue weighted by Crippen LogP contribution is 2.26. The summed E-state index contributed by atoms with van der Waals surface area (Å²) >= 11 is 5.96. The van der Waals surface area contributed by atoms with Crippen LogP contribution in [0.3, 0.4) is 0 Å². The second kappa shape index (κ2) is 5.47. The van der Waals surface area contributed by atoms with E-state index in [1.54, 1.807) is 0 Å². The van der Waals surface area contributed by atoms with Crippen molar-refractivity contribution in [3.05, 3.63) is 28.8 Å². The van der Waals surface area contributed by atoms with E-state index < -0.39 is 10.0 Å². The molecule has 0 amide bonds. The number of hydrogen-bond acceptors (Lipinski definition) is 4. The number of nitrogens with zero attached hydrogens (tertiary/aromatic N) is 3. The van der Waals surface area contributed by atoms with E-state index in [9.17, 15) is 8.42 Å². The van der Waals surface area contributed by atoms with Gasteiger partial charge in [-0.3, -0.25) is 0 Å². The summed E-state index contributed by atoms with van der Waals surface area (Å²) in [6.07, 6.45) is 0. The molecule has 7 heteroatoms. The van der Waals surface area contributed by atoms with Gasteiger partial charge in [-0.2, -0.15) is 9.57 Å². The highest BCUT2D eigenvalue weighted by molar-refractivity contribution is 7.89. The van der Waals surface area contributed by atoms with Gasteiger partial charge in [-0.1, -0.05) is 11.6 Å². The minimum Gasteiger partial charge on any atom is -0.304 e. The largest absolute Gasteiger partial charge is 0.304 e. The molecule has 1 saturated heterocycles. The zero-order valence-corrected chi connectivity index (χ0v) is 12.1. The molecule has 0 N–H and O–H groups in total. The van der Waals surface area contributed by atoms with Crippen molar-refractivity contribution in [1.29, 1.82) is 5.26 Å². The Labute approximate surface area is 118 Å². The highest BCUT2D eigenvalue weighted by atomic mass is 35.5. The van der Waals surface area contributed by atoms with Crippen LogP contribution in [0, 0.1) is 11.3 Å². The number of piperazine rings is 1. The molecule has 19 heavy (non-hydrogen) atoms. The van der Waals surface area contributed by atoms with Gasteiger partial charge in [0.15, 0.2) is 0 Å². The molecular formula is C12H14ClN3O2S. The SMILES string of the molecule is CN1CCN(S(=O)(=O)c2cc(C#N)ccc2Cl)CC1. The first-order valence-electron chi connectivity index (χ1n) is 5.83. The maximum Gasteiger partial charge on any atom is 0.244 e. The average molecular weight is 300 g/mol. The molecule has 1 aromatic carbocycles. The lowest BCUT2D eigenvalue weighted by Crippen LogP contribution is -2.47. The van der Waals surface area contributed by atoms with Crippen LogP contribution in [0.5, 0.6) is 0 Å². The van der Waals surface area contributed by atoms with Crippen molar-refractivity contribution in [2.75, 3.05) is 33.2 Å². The van der Waals surface area contributed by atoms with E-state index >= 15 is 0 Å². The van der Waals surface area contributed by atoms with E-state index in [4.69, 9.17) is 16.9 Å². The van der Waals surface area contributed by atoms with Crippen LogP contribution in [0.25, 0.3) is 0 Å².